The van der Waals surface area contributed by atoms with Crippen LogP contribution in [0.15, 0.2) is 23.0 Å². The molecule has 0 amide bonds. The van der Waals surface area contributed by atoms with E-state index in [1.54, 1.807) is 40.7 Å². The molecule has 5 rings (SSSR count). The third-order valence-corrected chi connectivity index (χ3v) is 12.7. The Morgan fingerprint density at radius 1 is 0.915 bits per heavy atom. The second kappa shape index (κ2) is 11.7. The molecule has 1 heterocycles. The molecule has 1 aromatic rings. The van der Waals surface area contributed by atoms with E-state index in [-0.39, 0.29) is 25.0 Å². The zero-order valence-corrected chi connectivity index (χ0v) is 28.6. The van der Waals surface area contributed by atoms with Crippen molar-refractivity contribution in [2.24, 2.45) is 45.3 Å². The monoisotopic (exact) mass is 660 g/mol. The number of Topliss-reactive ketones (excluding diaryl/α,β-unsaturated/α-hetero) is 1. The van der Waals surface area contributed by atoms with Crippen molar-refractivity contribution < 1.29 is 57.6 Å². The highest BCUT2D eigenvalue weighted by molar-refractivity contribution is 5.88. The van der Waals surface area contributed by atoms with Crippen LogP contribution in [0, 0.1) is 45.3 Å². The summed E-state index contributed by atoms with van der Waals surface area (Å²) in [6.45, 7) is 12.8. The average Bonchev–Trinajstić information content (AvgIpc) is 3.60. The number of rotatable bonds is 6. The lowest BCUT2D eigenvalue weighted by Gasteiger charge is -2.71. The van der Waals surface area contributed by atoms with Crippen LogP contribution in [0.5, 0.6) is 0 Å². The summed E-state index contributed by atoms with van der Waals surface area (Å²) in [5, 5.41) is 23.9. The quantitative estimate of drug-likeness (QED) is 0.337. The van der Waals surface area contributed by atoms with Crippen LogP contribution in [0.2, 0.25) is 0 Å². The Labute approximate surface area is 274 Å². The topological polar surface area (TPSA) is 176 Å². The van der Waals surface area contributed by atoms with Crippen molar-refractivity contribution in [3.63, 3.8) is 0 Å². The Kier molecular flexibility index (Phi) is 8.74. The molecule has 260 valence electrons. The number of carbonyl (C=O) groups excluding carboxylic acids is 5. The number of carbonyl (C=O) groups is 5. The molecule has 4 aliphatic carbocycles. The van der Waals surface area contributed by atoms with E-state index in [0.717, 1.165) is 0 Å². The van der Waals surface area contributed by atoms with Gasteiger partial charge in [-0.1, -0.05) is 34.6 Å². The lowest BCUT2D eigenvalue weighted by Crippen LogP contribution is -2.78. The first kappa shape index (κ1) is 35.1. The van der Waals surface area contributed by atoms with Crippen LogP contribution in [0.4, 0.5) is 0 Å². The molecule has 0 aliphatic heterocycles. The standard InChI is InChI=1S/C35H48O12/c1-16(2)30(41)47-29-26(46-18(4)37)28-34(7)22(33(6,31(42)43-9)24(40)14-25(34)45-17(3)36)13-23(39)35(28,8)27-21(38)12-20(32(27,29)5)19-10-11-44-15-19/h10-11,15-16,20,22-29,39-40H,12-14H2,1-9H3/t20-,22-,23+,24+,25-,26+,27-,28+,29-,32-,33-,34+,35-/m0/s1. The first-order valence-electron chi connectivity index (χ1n) is 16.4. The smallest absolute Gasteiger partial charge is 0.314 e. The molecular weight excluding hydrogens is 612 g/mol. The van der Waals surface area contributed by atoms with E-state index >= 15 is 0 Å². The molecule has 2 N–H and O–H groups in total. The van der Waals surface area contributed by atoms with Crippen molar-refractivity contribution in [1.82, 2.24) is 0 Å². The van der Waals surface area contributed by atoms with Gasteiger partial charge in [0.15, 0.2) is 0 Å². The fraction of sp³-hybridized carbons (Fsp3) is 0.743. The van der Waals surface area contributed by atoms with E-state index in [1.165, 1.54) is 33.5 Å². The summed E-state index contributed by atoms with van der Waals surface area (Å²) in [7, 11) is 1.21. The van der Waals surface area contributed by atoms with E-state index in [4.69, 9.17) is 23.4 Å². The van der Waals surface area contributed by atoms with Crippen molar-refractivity contribution in [2.75, 3.05) is 7.11 Å². The van der Waals surface area contributed by atoms with Crippen molar-refractivity contribution in [1.29, 1.82) is 0 Å². The number of aliphatic hydroxyl groups is 2. The normalized spacial score (nSPS) is 44.1. The maximum atomic E-state index is 14.5. The maximum Gasteiger partial charge on any atom is 0.314 e. The summed E-state index contributed by atoms with van der Waals surface area (Å²) in [6, 6.07) is 1.75. The van der Waals surface area contributed by atoms with Gasteiger partial charge in [-0.05, 0) is 30.9 Å². The molecule has 4 aliphatic rings. The summed E-state index contributed by atoms with van der Waals surface area (Å²) >= 11 is 0. The van der Waals surface area contributed by atoms with Crippen LogP contribution in [0.3, 0.4) is 0 Å². The second-order valence-electron chi connectivity index (χ2n) is 15.3. The summed E-state index contributed by atoms with van der Waals surface area (Å²) < 4.78 is 29.1. The third kappa shape index (κ3) is 4.79. The van der Waals surface area contributed by atoms with E-state index < -0.39 is 106 Å². The van der Waals surface area contributed by atoms with Crippen molar-refractivity contribution in [2.45, 2.75) is 111 Å². The fourth-order valence-electron chi connectivity index (χ4n) is 10.8. The molecule has 4 saturated carbocycles. The first-order chi connectivity index (χ1) is 21.8. The Morgan fingerprint density at radius 3 is 2.09 bits per heavy atom. The lowest BCUT2D eigenvalue weighted by molar-refractivity contribution is -0.320. The van der Waals surface area contributed by atoms with Crippen LogP contribution in [-0.2, 0) is 42.9 Å². The molecular formula is C35H48O12. The highest BCUT2D eigenvalue weighted by Gasteiger charge is 2.81. The largest absolute Gasteiger partial charge is 0.472 e. The van der Waals surface area contributed by atoms with Crippen molar-refractivity contribution in [3.05, 3.63) is 24.2 Å². The van der Waals surface area contributed by atoms with Crippen molar-refractivity contribution in [3.8, 4) is 0 Å². The van der Waals surface area contributed by atoms with Crippen LogP contribution in [0.1, 0.15) is 86.1 Å². The van der Waals surface area contributed by atoms with Gasteiger partial charge in [-0.2, -0.15) is 0 Å². The average molecular weight is 661 g/mol. The van der Waals surface area contributed by atoms with E-state index in [0.29, 0.717) is 5.56 Å². The van der Waals surface area contributed by atoms with Crippen LogP contribution in [0.25, 0.3) is 0 Å². The second-order valence-corrected chi connectivity index (χ2v) is 15.3. The predicted molar refractivity (Wildman–Crippen MR) is 163 cm³/mol. The number of ketones is 1. The minimum absolute atomic E-state index is 0.0460. The number of hydrogen-bond donors (Lipinski definition) is 2. The molecule has 4 fully saturated rings. The number of fused-ring (bicyclic) bond motifs is 5. The minimum atomic E-state index is -1.59. The van der Waals surface area contributed by atoms with Gasteiger partial charge in [0.05, 0.1) is 43.2 Å². The molecule has 0 bridgehead atoms. The van der Waals surface area contributed by atoms with Crippen LogP contribution >= 0.6 is 0 Å². The Bertz CT molecular complexity index is 1440. The number of esters is 4. The maximum absolute atomic E-state index is 14.5. The van der Waals surface area contributed by atoms with Crippen molar-refractivity contribution >= 4 is 29.7 Å². The fourth-order valence-corrected chi connectivity index (χ4v) is 10.8. The van der Waals surface area contributed by atoms with Gasteiger partial charge in [-0.3, -0.25) is 24.0 Å². The molecule has 0 radical (unpaired) electrons. The third-order valence-electron chi connectivity index (χ3n) is 12.7. The number of furan rings is 1. The van der Waals surface area contributed by atoms with E-state index in [2.05, 4.69) is 0 Å². The molecule has 12 nitrogen and oxygen atoms in total. The van der Waals surface area contributed by atoms with Gasteiger partial charge in [0.25, 0.3) is 0 Å². The number of methoxy groups -OCH3 is 1. The summed E-state index contributed by atoms with van der Waals surface area (Å²) in [6.07, 6.45) is -3.26. The molecule has 13 atom stereocenters. The zero-order chi connectivity index (χ0) is 35.0. The molecule has 0 saturated heterocycles. The van der Waals surface area contributed by atoms with Crippen LogP contribution in [-0.4, -0.2) is 77.5 Å². The van der Waals surface area contributed by atoms with Gasteiger partial charge in [-0.25, -0.2) is 0 Å². The van der Waals surface area contributed by atoms with Crippen LogP contribution < -0.4 is 0 Å². The lowest BCUT2D eigenvalue weighted by atomic mass is 9.34. The predicted octanol–water partition coefficient (Wildman–Crippen LogP) is 3.36. The summed E-state index contributed by atoms with van der Waals surface area (Å²) in [5.41, 5.74) is -4.76. The summed E-state index contributed by atoms with van der Waals surface area (Å²) in [4.78, 5) is 67.3. The molecule has 0 aromatic carbocycles. The van der Waals surface area contributed by atoms with Gasteiger partial charge in [0.1, 0.15) is 24.1 Å². The van der Waals surface area contributed by atoms with Gasteiger partial charge >= 0.3 is 23.9 Å². The molecule has 0 spiro atoms. The number of ether oxygens (including phenoxy) is 4. The highest BCUT2D eigenvalue weighted by Crippen LogP contribution is 2.75. The molecule has 0 unspecified atom stereocenters. The SMILES string of the molecule is COC(=O)[C@]1(C)[C@H](O)C[C@H](OC(C)=O)[C@]2(C)[C@H]3[C@@H](OC(C)=O)[C@H](OC(=O)C(C)C)[C@]4(C)[C@H](C(=O)C[C@H]4c4ccoc4)[C@]3(C)[C@H](O)C[C@@H]12. The number of hydrogen-bond acceptors (Lipinski definition) is 12. The van der Waals surface area contributed by atoms with Gasteiger partial charge in [0.2, 0.25) is 0 Å². The molecule has 12 heteroatoms. The van der Waals surface area contributed by atoms with E-state index in [1.807, 2.05) is 6.92 Å². The molecule has 47 heavy (non-hydrogen) atoms. The van der Waals surface area contributed by atoms with Gasteiger partial charge in [-0.15, -0.1) is 0 Å². The number of aliphatic hydroxyl groups excluding tert-OH is 2. The Morgan fingerprint density at radius 2 is 1.55 bits per heavy atom. The van der Waals surface area contributed by atoms with E-state index in [9.17, 15) is 34.2 Å². The first-order valence-corrected chi connectivity index (χ1v) is 16.4. The Balaban J connectivity index is 1.85. The minimum Gasteiger partial charge on any atom is -0.472 e. The Hall–Kier alpha value is -3.25. The summed E-state index contributed by atoms with van der Waals surface area (Å²) in [5.74, 6) is -6.74. The highest BCUT2D eigenvalue weighted by atomic mass is 16.6. The van der Waals surface area contributed by atoms with Gasteiger partial charge in [0, 0.05) is 60.7 Å². The molecule has 1 aromatic heterocycles. The zero-order valence-electron chi connectivity index (χ0n) is 28.6. The van der Waals surface area contributed by atoms with Gasteiger partial charge < -0.3 is 33.6 Å².